The Labute approximate surface area is 169 Å². The highest BCUT2D eigenvalue weighted by Crippen LogP contribution is 2.39. The van der Waals surface area contributed by atoms with Gasteiger partial charge in [-0.1, -0.05) is 12.1 Å². The summed E-state index contributed by atoms with van der Waals surface area (Å²) in [5.74, 6) is 0.442. The quantitative estimate of drug-likeness (QED) is 0.635. The minimum Gasteiger partial charge on any atom is -0.504 e. The van der Waals surface area contributed by atoms with Crippen LogP contribution in [0.15, 0.2) is 44.3 Å². The number of aromatic hydroxyl groups is 1. The highest BCUT2D eigenvalue weighted by molar-refractivity contribution is 9.13. The number of morpholine rings is 1. The largest absolute Gasteiger partial charge is 0.504 e. The van der Waals surface area contributed by atoms with Gasteiger partial charge in [0.2, 0.25) is 0 Å². The summed E-state index contributed by atoms with van der Waals surface area (Å²) >= 11 is 6.91. The third kappa shape index (κ3) is 4.65. The molecule has 2 aromatic rings. The molecule has 1 heterocycles. The Morgan fingerprint density at radius 1 is 1.23 bits per heavy atom. The third-order valence-electron chi connectivity index (χ3n) is 4.20. The molecule has 7 heteroatoms. The molecule has 3 rings (SSSR count). The number of rotatable bonds is 5. The first-order chi connectivity index (χ1) is 12.6. The molecular formula is C19H20Br2N2O3. The molecule has 0 aliphatic carbocycles. The summed E-state index contributed by atoms with van der Waals surface area (Å²) < 4.78 is 12.1. The number of benzene rings is 2. The van der Waals surface area contributed by atoms with E-state index in [2.05, 4.69) is 53.9 Å². The molecule has 1 saturated heterocycles. The Morgan fingerprint density at radius 3 is 2.58 bits per heavy atom. The highest BCUT2D eigenvalue weighted by Gasteiger charge is 2.14. The molecule has 0 aromatic heterocycles. The molecule has 1 N–H and O–H groups in total. The van der Waals surface area contributed by atoms with E-state index < -0.39 is 0 Å². The summed E-state index contributed by atoms with van der Waals surface area (Å²) in [6, 6.07) is 9.83. The van der Waals surface area contributed by atoms with Gasteiger partial charge in [-0.15, -0.1) is 0 Å². The lowest BCUT2D eigenvalue weighted by molar-refractivity contribution is 0.0342. The van der Waals surface area contributed by atoms with Crippen LogP contribution in [0.25, 0.3) is 0 Å². The van der Waals surface area contributed by atoms with Crippen molar-refractivity contribution >= 4 is 43.8 Å². The zero-order valence-electron chi connectivity index (χ0n) is 14.4. The molecule has 0 unspecified atom stereocenters. The molecule has 1 aliphatic heterocycles. The Morgan fingerprint density at radius 2 is 1.92 bits per heavy atom. The van der Waals surface area contributed by atoms with Crippen molar-refractivity contribution in [3.63, 3.8) is 0 Å². The van der Waals surface area contributed by atoms with E-state index in [9.17, 15) is 5.11 Å². The number of ether oxygens (including phenoxy) is 2. The second-order valence-electron chi connectivity index (χ2n) is 5.95. The lowest BCUT2D eigenvalue weighted by Crippen LogP contribution is -2.35. The molecule has 2 aromatic carbocycles. The Hall–Kier alpha value is -1.41. The molecule has 0 bridgehead atoms. The van der Waals surface area contributed by atoms with Crippen molar-refractivity contribution in [1.29, 1.82) is 0 Å². The minimum atomic E-state index is 0.0512. The average Bonchev–Trinajstić information content (AvgIpc) is 2.67. The van der Waals surface area contributed by atoms with Gasteiger partial charge in [0.1, 0.15) is 0 Å². The van der Waals surface area contributed by atoms with E-state index in [4.69, 9.17) is 9.47 Å². The molecule has 5 nitrogen and oxygen atoms in total. The van der Waals surface area contributed by atoms with E-state index >= 15 is 0 Å². The fourth-order valence-electron chi connectivity index (χ4n) is 2.73. The van der Waals surface area contributed by atoms with Gasteiger partial charge < -0.3 is 14.6 Å². The van der Waals surface area contributed by atoms with Crippen LogP contribution >= 0.6 is 31.9 Å². The van der Waals surface area contributed by atoms with Crippen LogP contribution in [0, 0.1) is 0 Å². The van der Waals surface area contributed by atoms with Gasteiger partial charge in [-0.3, -0.25) is 9.89 Å². The highest BCUT2D eigenvalue weighted by atomic mass is 79.9. The Balaban J connectivity index is 1.74. The van der Waals surface area contributed by atoms with Crippen molar-refractivity contribution in [3.8, 4) is 11.5 Å². The predicted molar refractivity (Wildman–Crippen MR) is 110 cm³/mol. The van der Waals surface area contributed by atoms with Gasteiger partial charge in [0.05, 0.1) is 31.6 Å². The molecule has 1 aliphatic rings. The summed E-state index contributed by atoms with van der Waals surface area (Å²) in [6.45, 7) is 4.46. The third-order valence-corrected chi connectivity index (χ3v) is 6.21. The van der Waals surface area contributed by atoms with Gasteiger partial charge in [0.15, 0.2) is 11.5 Å². The number of phenolic OH excluding ortho intramolecular Hbond substituents is 1. The number of nitrogens with zero attached hydrogens (tertiary/aromatic N) is 2. The maximum Gasteiger partial charge on any atom is 0.167 e. The van der Waals surface area contributed by atoms with Crippen LogP contribution in [0.3, 0.4) is 0 Å². The number of phenols is 1. The van der Waals surface area contributed by atoms with E-state index in [1.807, 2.05) is 12.1 Å². The summed E-state index contributed by atoms with van der Waals surface area (Å²) in [5, 5.41) is 10.3. The first-order valence-corrected chi connectivity index (χ1v) is 9.85. The van der Waals surface area contributed by atoms with Crippen molar-refractivity contribution in [2.75, 3.05) is 33.4 Å². The summed E-state index contributed by atoms with van der Waals surface area (Å²) in [6.07, 6.45) is 1.63. The van der Waals surface area contributed by atoms with E-state index in [1.165, 1.54) is 12.7 Å². The first kappa shape index (κ1) is 19.4. The van der Waals surface area contributed by atoms with Crippen LogP contribution in [0.4, 0.5) is 5.69 Å². The van der Waals surface area contributed by atoms with Crippen molar-refractivity contribution < 1.29 is 14.6 Å². The van der Waals surface area contributed by atoms with Crippen LogP contribution in [-0.2, 0) is 11.3 Å². The zero-order chi connectivity index (χ0) is 18.5. The number of halogens is 2. The zero-order valence-corrected chi connectivity index (χ0v) is 17.6. The summed E-state index contributed by atoms with van der Waals surface area (Å²) in [7, 11) is 1.52. The fraction of sp³-hybridized carbons (Fsp3) is 0.316. The fourth-order valence-corrected chi connectivity index (χ4v) is 3.56. The van der Waals surface area contributed by atoms with E-state index in [-0.39, 0.29) is 5.75 Å². The van der Waals surface area contributed by atoms with Crippen molar-refractivity contribution in [3.05, 3.63) is 50.4 Å². The standard InChI is InChI=1S/C19H20Br2N2O3/c1-25-17-10-16(20)18(21)15(19(17)24)11-22-14-4-2-13(3-5-14)12-23-6-8-26-9-7-23/h2-5,10-11,24H,6-9,12H2,1H3. The monoisotopic (exact) mass is 482 g/mol. The van der Waals surface area contributed by atoms with Gasteiger partial charge in [0, 0.05) is 34.8 Å². The maximum atomic E-state index is 10.3. The molecule has 1 fully saturated rings. The van der Waals surface area contributed by atoms with Crippen LogP contribution in [0.2, 0.25) is 0 Å². The Bertz CT molecular complexity index is 788. The lowest BCUT2D eigenvalue weighted by Gasteiger charge is -2.26. The smallest absolute Gasteiger partial charge is 0.167 e. The number of methoxy groups -OCH3 is 1. The van der Waals surface area contributed by atoms with E-state index in [0.717, 1.165) is 47.5 Å². The van der Waals surface area contributed by atoms with Gasteiger partial charge in [0.25, 0.3) is 0 Å². The lowest BCUT2D eigenvalue weighted by atomic mass is 10.2. The molecular weight excluding hydrogens is 464 g/mol. The van der Waals surface area contributed by atoms with Crippen LogP contribution in [0.1, 0.15) is 11.1 Å². The van der Waals surface area contributed by atoms with Crippen molar-refractivity contribution in [2.45, 2.75) is 6.54 Å². The number of hydrogen-bond acceptors (Lipinski definition) is 5. The van der Waals surface area contributed by atoms with Gasteiger partial charge in [-0.2, -0.15) is 0 Å². The van der Waals surface area contributed by atoms with Crippen LogP contribution in [0.5, 0.6) is 11.5 Å². The molecule has 0 radical (unpaired) electrons. The average molecular weight is 484 g/mol. The summed E-state index contributed by atoms with van der Waals surface area (Å²) in [4.78, 5) is 6.86. The van der Waals surface area contributed by atoms with Gasteiger partial charge >= 0.3 is 0 Å². The normalized spacial score (nSPS) is 15.5. The molecule has 0 spiro atoms. The maximum absolute atomic E-state index is 10.3. The van der Waals surface area contributed by atoms with Crippen LogP contribution < -0.4 is 4.74 Å². The first-order valence-electron chi connectivity index (χ1n) is 8.26. The minimum absolute atomic E-state index is 0.0512. The van der Waals surface area contributed by atoms with Crippen molar-refractivity contribution in [1.82, 2.24) is 4.90 Å². The number of aliphatic imine (C=N–C) groups is 1. The van der Waals surface area contributed by atoms with E-state index in [1.54, 1.807) is 12.3 Å². The van der Waals surface area contributed by atoms with Gasteiger partial charge in [-0.25, -0.2) is 0 Å². The SMILES string of the molecule is COc1cc(Br)c(Br)c(C=Nc2ccc(CN3CCOCC3)cc2)c1O. The molecule has 0 saturated carbocycles. The van der Waals surface area contributed by atoms with Crippen LogP contribution in [-0.4, -0.2) is 49.6 Å². The second-order valence-corrected chi connectivity index (χ2v) is 7.60. The topological polar surface area (TPSA) is 54.3 Å². The Kier molecular flexibility index (Phi) is 6.69. The molecule has 138 valence electrons. The van der Waals surface area contributed by atoms with Crippen molar-refractivity contribution in [2.24, 2.45) is 4.99 Å². The summed E-state index contributed by atoms with van der Waals surface area (Å²) in [5.41, 5.74) is 2.63. The second kappa shape index (κ2) is 8.99. The molecule has 0 amide bonds. The predicted octanol–water partition coefficient (Wildman–Crippen LogP) is 4.51. The molecule has 0 atom stereocenters. The molecule has 26 heavy (non-hydrogen) atoms. The number of hydrogen-bond donors (Lipinski definition) is 1. The van der Waals surface area contributed by atoms with E-state index in [0.29, 0.717) is 11.3 Å². The van der Waals surface area contributed by atoms with Gasteiger partial charge in [-0.05, 0) is 55.6 Å².